The van der Waals surface area contributed by atoms with Crippen LogP contribution in [-0.4, -0.2) is 59.8 Å². The number of hydrogen-bond donors (Lipinski definition) is 2. The summed E-state index contributed by atoms with van der Waals surface area (Å²) in [6.07, 6.45) is 2.38. The zero-order valence-corrected chi connectivity index (χ0v) is 19.1. The smallest absolute Gasteiger partial charge is 0.365 e. The lowest BCUT2D eigenvalue weighted by Crippen LogP contribution is -2.55. The molecule has 3 atom stereocenters. The highest BCUT2D eigenvalue weighted by molar-refractivity contribution is 7.92. The molecule has 35 heavy (non-hydrogen) atoms. The summed E-state index contributed by atoms with van der Waals surface area (Å²) in [6, 6.07) is 5.80. The number of nitrogens with zero attached hydrogens (tertiary/aromatic N) is 4. The molecule has 1 saturated heterocycles. The van der Waals surface area contributed by atoms with Crippen molar-refractivity contribution >= 4 is 27.2 Å². The maximum Gasteiger partial charge on any atom is 0.501 e. The molecular formula is C21H22F4N6O3S. The van der Waals surface area contributed by atoms with Crippen LogP contribution in [0.15, 0.2) is 35.4 Å². The van der Waals surface area contributed by atoms with Crippen LogP contribution in [-0.2, 0) is 9.84 Å². The van der Waals surface area contributed by atoms with Crippen molar-refractivity contribution in [2.75, 3.05) is 18.4 Å². The van der Waals surface area contributed by atoms with E-state index < -0.39 is 38.2 Å². The molecule has 2 aliphatic rings. The van der Waals surface area contributed by atoms with Gasteiger partial charge < -0.3 is 11.1 Å². The highest BCUT2D eigenvalue weighted by Gasteiger charge is 2.46. The summed E-state index contributed by atoms with van der Waals surface area (Å²) in [7, 11) is -5.50. The van der Waals surface area contributed by atoms with Crippen molar-refractivity contribution in [2.45, 2.75) is 47.9 Å². The number of anilines is 2. The summed E-state index contributed by atoms with van der Waals surface area (Å²) in [4.78, 5) is 13.1. The SMILES string of the molecule is N#CC1CC(N2CC(F)C2)CCC1n1cc(C(N)=O)c(Nc2ccc(S(=O)(=O)C(F)(F)F)cc2)n1. The van der Waals surface area contributed by atoms with Crippen LogP contribution in [0, 0.1) is 17.2 Å². The third kappa shape index (κ3) is 4.83. The van der Waals surface area contributed by atoms with Gasteiger partial charge in [0, 0.05) is 31.0 Å². The third-order valence-corrected chi connectivity index (χ3v) is 7.91. The Hall–Kier alpha value is -3.18. The van der Waals surface area contributed by atoms with Gasteiger partial charge in [-0.15, -0.1) is 0 Å². The van der Waals surface area contributed by atoms with Crippen molar-refractivity contribution in [3.63, 3.8) is 0 Å². The molecule has 3 unspecified atom stereocenters. The Morgan fingerprint density at radius 2 is 1.86 bits per heavy atom. The molecule has 2 fully saturated rings. The maximum atomic E-state index is 13.2. The highest BCUT2D eigenvalue weighted by Crippen LogP contribution is 2.38. The molecule has 3 N–H and O–H groups in total. The van der Waals surface area contributed by atoms with Gasteiger partial charge in [0.15, 0.2) is 5.82 Å². The fourth-order valence-corrected chi connectivity index (χ4v) is 5.26. The van der Waals surface area contributed by atoms with E-state index in [4.69, 9.17) is 5.73 Å². The second kappa shape index (κ2) is 9.12. The number of halogens is 4. The first-order chi connectivity index (χ1) is 16.4. The summed E-state index contributed by atoms with van der Waals surface area (Å²) in [6.45, 7) is 0.719. The van der Waals surface area contributed by atoms with E-state index in [1.54, 1.807) is 0 Å². The zero-order valence-electron chi connectivity index (χ0n) is 18.2. The molecule has 2 aromatic rings. The van der Waals surface area contributed by atoms with Crippen molar-refractivity contribution in [3.05, 3.63) is 36.0 Å². The van der Waals surface area contributed by atoms with E-state index >= 15 is 0 Å². The molecule has 0 radical (unpaired) electrons. The Morgan fingerprint density at radius 3 is 2.40 bits per heavy atom. The van der Waals surface area contributed by atoms with Crippen molar-refractivity contribution in [2.24, 2.45) is 11.7 Å². The minimum absolute atomic E-state index is 0.00110. The van der Waals surface area contributed by atoms with Crippen LogP contribution in [0.3, 0.4) is 0 Å². The number of primary amides is 1. The molecule has 1 amide bonds. The fraction of sp³-hybridized carbons (Fsp3) is 0.476. The second-order valence-corrected chi connectivity index (χ2v) is 10.6. The Kier molecular flexibility index (Phi) is 6.50. The van der Waals surface area contributed by atoms with E-state index in [0.717, 1.165) is 30.7 Å². The van der Waals surface area contributed by atoms with Gasteiger partial charge in [0.05, 0.1) is 22.9 Å². The summed E-state index contributed by atoms with van der Waals surface area (Å²) in [5.41, 5.74) is 0.210. The number of hydrogen-bond acceptors (Lipinski definition) is 7. The number of amides is 1. The molecule has 14 heteroatoms. The van der Waals surface area contributed by atoms with Gasteiger partial charge in [0.25, 0.3) is 15.7 Å². The van der Waals surface area contributed by atoms with Crippen LogP contribution in [0.25, 0.3) is 0 Å². The molecule has 1 aromatic heterocycles. The number of alkyl halides is 4. The number of carbonyl (C=O) groups excluding carboxylic acids is 1. The van der Waals surface area contributed by atoms with Gasteiger partial charge >= 0.3 is 5.51 Å². The predicted molar refractivity (Wildman–Crippen MR) is 116 cm³/mol. The molecular weight excluding hydrogens is 492 g/mol. The Morgan fingerprint density at radius 1 is 1.20 bits per heavy atom. The van der Waals surface area contributed by atoms with E-state index in [9.17, 15) is 36.0 Å². The average Bonchev–Trinajstić information content (AvgIpc) is 3.20. The fourth-order valence-electron chi connectivity index (χ4n) is 4.49. The Bertz CT molecular complexity index is 1250. The molecule has 1 aromatic carbocycles. The first-order valence-electron chi connectivity index (χ1n) is 10.8. The quantitative estimate of drug-likeness (QED) is 0.566. The van der Waals surface area contributed by atoms with Gasteiger partial charge in [0.1, 0.15) is 11.7 Å². The van der Waals surface area contributed by atoms with E-state index in [-0.39, 0.29) is 29.2 Å². The number of likely N-dealkylation sites (tertiary alicyclic amines) is 1. The minimum atomic E-state index is -5.50. The third-order valence-electron chi connectivity index (χ3n) is 6.40. The molecule has 1 aliphatic heterocycles. The number of aromatic nitrogens is 2. The minimum Gasteiger partial charge on any atom is -0.365 e. The van der Waals surface area contributed by atoms with Crippen molar-refractivity contribution in [3.8, 4) is 6.07 Å². The molecule has 0 bridgehead atoms. The van der Waals surface area contributed by atoms with Crippen LogP contribution in [0.2, 0.25) is 0 Å². The molecule has 2 heterocycles. The van der Waals surface area contributed by atoms with Gasteiger partial charge in [-0.1, -0.05) is 0 Å². The largest absolute Gasteiger partial charge is 0.501 e. The highest BCUT2D eigenvalue weighted by atomic mass is 32.2. The van der Waals surface area contributed by atoms with Crippen LogP contribution in [0.1, 0.15) is 35.7 Å². The van der Waals surface area contributed by atoms with E-state index in [2.05, 4.69) is 16.5 Å². The zero-order chi connectivity index (χ0) is 25.5. The van der Waals surface area contributed by atoms with E-state index in [1.165, 1.54) is 10.9 Å². The summed E-state index contributed by atoms with van der Waals surface area (Å²) in [5, 5.41) is 16.8. The summed E-state index contributed by atoms with van der Waals surface area (Å²) in [5.74, 6) is -1.23. The lowest BCUT2D eigenvalue weighted by atomic mass is 9.81. The van der Waals surface area contributed by atoms with Gasteiger partial charge in [-0.2, -0.15) is 23.5 Å². The lowest BCUT2D eigenvalue weighted by molar-refractivity contribution is -0.0436. The Labute approximate surface area is 198 Å². The molecule has 1 aliphatic carbocycles. The number of nitrogens with one attached hydrogen (secondary N) is 1. The van der Waals surface area contributed by atoms with E-state index in [0.29, 0.717) is 25.9 Å². The molecule has 9 nitrogen and oxygen atoms in total. The summed E-state index contributed by atoms with van der Waals surface area (Å²) < 4.78 is 76.0. The normalized spacial score (nSPS) is 23.9. The predicted octanol–water partition coefficient (Wildman–Crippen LogP) is 2.91. The molecule has 0 spiro atoms. The number of rotatable bonds is 6. The molecule has 188 valence electrons. The molecule has 1 saturated carbocycles. The van der Waals surface area contributed by atoms with E-state index in [1.807, 2.05) is 4.90 Å². The van der Waals surface area contributed by atoms with Gasteiger partial charge in [-0.3, -0.25) is 14.4 Å². The number of nitriles is 1. The second-order valence-electron chi connectivity index (χ2n) is 8.66. The van der Waals surface area contributed by atoms with Crippen LogP contribution >= 0.6 is 0 Å². The van der Waals surface area contributed by atoms with Crippen LogP contribution in [0.5, 0.6) is 0 Å². The number of carbonyl (C=O) groups is 1. The van der Waals surface area contributed by atoms with Gasteiger partial charge in [0.2, 0.25) is 0 Å². The number of sulfone groups is 1. The van der Waals surface area contributed by atoms with Crippen LogP contribution < -0.4 is 11.1 Å². The topological polar surface area (TPSA) is 134 Å². The number of nitrogens with two attached hydrogens (primary N) is 1. The van der Waals surface area contributed by atoms with Crippen molar-refractivity contribution in [1.82, 2.24) is 14.7 Å². The standard InChI is InChI=1S/C21H22F4N6O3S/c22-13-9-30(10-13)15-3-6-18(12(7-15)8-26)31-11-17(19(27)32)20(29-31)28-14-1-4-16(5-2-14)35(33,34)21(23,24)25/h1-2,4-5,11-13,15,18H,3,6-7,9-10H2,(H2,27,32)(H,28,29). The number of benzene rings is 1. The monoisotopic (exact) mass is 514 g/mol. The van der Waals surface area contributed by atoms with Crippen molar-refractivity contribution in [1.29, 1.82) is 5.26 Å². The Balaban J connectivity index is 1.53. The molecule has 4 rings (SSSR count). The average molecular weight is 515 g/mol. The van der Waals surface area contributed by atoms with Gasteiger partial charge in [-0.05, 0) is 43.5 Å². The summed E-state index contributed by atoms with van der Waals surface area (Å²) >= 11 is 0. The van der Waals surface area contributed by atoms with Crippen LogP contribution in [0.4, 0.5) is 29.1 Å². The lowest BCUT2D eigenvalue weighted by Gasteiger charge is -2.44. The van der Waals surface area contributed by atoms with Crippen molar-refractivity contribution < 1.29 is 30.8 Å². The first kappa shape index (κ1) is 24.9. The first-order valence-corrected chi connectivity index (χ1v) is 12.2. The maximum absolute atomic E-state index is 13.2. The van der Waals surface area contributed by atoms with Gasteiger partial charge in [-0.25, -0.2) is 12.8 Å².